The van der Waals surface area contributed by atoms with E-state index in [2.05, 4.69) is 5.32 Å². The lowest BCUT2D eigenvalue weighted by Gasteiger charge is -2.07. The lowest BCUT2D eigenvalue weighted by Crippen LogP contribution is -2.12. The fourth-order valence-electron chi connectivity index (χ4n) is 0.986. The van der Waals surface area contributed by atoms with Crippen molar-refractivity contribution in [3.8, 4) is 5.75 Å². The second kappa shape index (κ2) is 4.94. The van der Waals surface area contributed by atoms with Crippen LogP contribution in [0.4, 0.5) is 5.69 Å². The summed E-state index contributed by atoms with van der Waals surface area (Å²) in [5.41, 5.74) is 6.32. The topological polar surface area (TPSA) is 47.3 Å². The average Bonchev–Trinajstić information content (AvgIpc) is 2.16. The van der Waals surface area contributed by atoms with E-state index in [9.17, 15) is 0 Å². The van der Waals surface area contributed by atoms with E-state index in [0.717, 1.165) is 12.2 Å². The molecule has 0 unspecified atom stereocenters. The van der Waals surface area contributed by atoms with Crippen molar-refractivity contribution in [2.75, 3.05) is 25.5 Å². The molecule has 1 aromatic carbocycles. The summed E-state index contributed by atoms with van der Waals surface area (Å²) in [6, 6.07) is 5.53. The maximum Gasteiger partial charge on any atom is 0.139 e. The van der Waals surface area contributed by atoms with E-state index in [4.69, 9.17) is 22.1 Å². The van der Waals surface area contributed by atoms with Crippen LogP contribution in [-0.4, -0.2) is 20.2 Å². The lowest BCUT2D eigenvalue weighted by molar-refractivity contribution is 0.415. The number of ether oxygens (including phenoxy) is 1. The summed E-state index contributed by atoms with van der Waals surface area (Å²) >= 11 is 5.85. The molecule has 0 aliphatic rings. The van der Waals surface area contributed by atoms with Crippen molar-refractivity contribution in [1.29, 1.82) is 0 Å². The molecule has 0 atom stereocenters. The first-order valence-corrected chi connectivity index (χ1v) is 4.43. The predicted octanol–water partition coefficient (Wildman–Crippen LogP) is 1.72. The van der Waals surface area contributed by atoms with Gasteiger partial charge in [-0.2, -0.15) is 0 Å². The molecule has 0 spiro atoms. The summed E-state index contributed by atoms with van der Waals surface area (Å²) in [7, 11) is 1.59. The Morgan fingerprint density at radius 2 is 2.31 bits per heavy atom. The summed E-state index contributed by atoms with van der Waals surface area (Å²) in [5, 5.41) is 3.74. The van der Waals surface area contributed by atoms with E-state index in [1.54, 1.807) is 13.2 Å². The Bertz CT molecular complexity index is 278. The molecular weight excluding hydrogens is 188 g/mol. The SMILES string of the molecule is COc1cc(NCCN)ccc1Cl. The van der Waals surface area contributed by atoms with Gasteiger partial charge in [0.15, 0.2) is 0 Å². The van der Waals surface area contributed by atoms with Crippen LogP contribution in [0.2, 0.25) is 5.02 Å². The summed E-state index contributed by atoms with van der Waals surface area (Å²) in [5.74, 6) is 0.670. The zero-order valence-electron chi connectivity index (χ0n) is 7.51. The molecule has 0 aliphatic carbocycles. The highest BCUT2D eigenvalue weighted by atomic mass is 35.5. The molecule has 0 radical (unpaired) electrons. The van der Waals surface area contributed by atoms with Crippen LogP contribution < -0.4 is 15.8 Å². The van der Waals surface area contributed by atoms with Gasteiger partial charge in [-0.1, -0.05) is 11.6 Å². The van der Waals surface area contributed by atoms with Crippen LogP contribution in [-0.2, 0) is 0 Å². The smallest absolute Gasteiger partial charge is 0.139 e. The van der Waals surface area contributed by atoms with Crippen LogP contribution in [0.25, 0.3) is 0 Å². The quantitative estimate of drug-likeness (QED) is 0.778. The molecule has 0 amide bonds. The lowest BCUT2D eigenvalue weighted by atomic mass is 10.3. The number of nitrogens with two attached hydrogens (primary N) is 1. The first-order valence-electron chi connectivity index (χ1n) is 4.05. The molecule has 0 saturated carbocycles. The Balaban J connectivity index is 2.74. The minimum Gasteiger partial charge on any atom is -0.495 e. The van der Waals surface area contributed by atoms with Crippen LogP contribution >= 0.6 is 11.6 Å². The van der Waals surface area contributed by atoms with Crippen LogP contribution in [0.5, 0.6) is 5.75 Å². The maximum absolute atomic E-state index is 5.85. The number of methoxy groups -OCH3 is 1. The Morgan fingerprint density at radius 3 is 2.92 bits per heavy atom. The first kappa shape index (κ1) is 10.2. The summed E-state index contributed by atoms with van der Waals surface area (Å²) in [4.78, 5) is 0. The van der Waals surface area contributed by atoms with Crippen molar-refractivity contribution in [3.63, 3.8) is 0 Å². The fraction of sp³-hybridized carbons (Fsp3) is 0.333. The predicted molar refractivity (Wildman–Crippen MR) is 55.5 cm³/mol. The normalized spacial score (nSPS) is 9.77. The Kier molecular flexibility index (Phi) is 3.86. The van der Waals surface area contributed by atoms with E-state index < -0.39 is 0 Å². The Labute approximate surface area is 82.8 Å². The van der Waals surface area contributed by atoms with Crippen molar-refractivity contribution in [1.82, 2.24) is 0 Å². The van der Waals surface area contributed by atoms with Gasteiger partial charge in [-0.05, 0) is 12.1 Å². The minimum atomic E-state index is 0.602. The van der Waals surface area contributed by atoms with Crippen LogP contribution in [0.15, 0.2) is 18.2 Å². The molecule has 3 N–H and O–H groups in total. The number of hydrogen-bond donors (Lipinski definition) is 2. The van der Waals surface area contributed by atoms with Gasteiger partial charge < -0.3 is 15.8 Å². The van der Waals surface area contributed by atoms with Crippen molar-refractivity contribution in [2.24, 2.45) is 5.73 Å². The van der Waals surface area contributed by atoms with Crippen molar-refractivity contribution < 1.29 is 4.74 Å². The fourth-order valence-corrected chi connectivity index (χ4v) is 1.18. The average molecular weight is 201 g/mol. The second-order valence-electron chi connectivity index (χ2n) is 2.56. The highest BCUT2D eigenvalue weighted by Crippen LogP contribution is 2.27. The standard InChI is InChI=1S/C9H13ClN2O/c1-13-9-6-7(12-5-4-11)2-3-8(9)10/h2-3,6,12H,4-5,11H2,1H3. The molecular formula is C9H13ClN2O. The minimum absolute atomic E-state index is 0.602. The highest BCUT2D eigenvalue weighted by molar-refractivity contribution is 6.32. The zero-order valence-corrected chi connectivity index (χ0v) is 8.27. The van der Waals surface area contributed by atoms with E-state index in [1.807, 2.05) is 12.1 Å². The molecule has 1 aromatic rings. The molecule has 0 heterocycles. The van der Waals surface area contributed by atoms with Crippen molar-refractivity contribution >= 4 is 17.3 Å². The molecule has 4 heteroatoms. The van der Waals surface area contributed by atoms with Gasteiger partial charge in [-0.15, -0.1) is 0 Å². The number of halogens is 1. The summed E-state index contributed by atoms with van der Waals surface area (Å²) in [6.07, 6.45) is 0. The molecule has 0 bridgehead atoms. The van der Waals surface area contributed by atoms with Crippen molar-refractivity contribution in [2.45, 2.75) is 0 Å². The van der Waals surface area contributed by atoms with Gasteiger partial charge in [0.05, 0.1) is 12.1 Å². The number of nitrogens with one attached hydrogen (secondary N) is 1. The third-order valence-electron chi connectivity index (χ3n) is 1.62. The monoisotopic (exact) mass is 200 g/mol. The van der Waals surface area contributed by atoms with Crippen LogP contribution in [0, 0.1) is 0 Å². The van der Waals surface area contributed by atoms with Crippen molar-refractivity contribution in [3.05, 3.63) is 23.2 Å². The number of hydrogen-bond acceptors (Lipinski definition) is 3. The molecule has 1 rings (SSSR count). The molecule has 72 valence electrons. The Morgan fingerprint density at radius 1 is 1.54 bits per heavy atom. The summed E-state index contributed by atoms with van der Waals surface area (Å²) in [6.45, 7) is 1.34. The number of rotatable bonds is 4. The van der Waals surface area contributed by atoms with Gasteiger partial charge in [0, 0.05) is 24.8 Å². The van der Waals surface area contributed by atoms with Gasteiger partial charge in [-0.3, -0.25) is 0 Å². The molecule has 0 saturated heterocycles. The van der Waals surface area contributed by atoms with E-state index in [-0.39, 0.29) is 0 Å². The summed E-state index contributed by atoms with van der Waals surface area (Å²) < 4.78 is 5.06. The molecule has 13 heavy (non-hydrogen) atoms. The maximum atomic E-state index is 5.85. The highest BCUT2D eigenvalue weighted by Gasteiger charge is 2.00. The van der Waals surface area contributed by atoms with Crippen LogP contribution in [0.1, 0.15) is 0 Å². The third kappa shape index (κ3) is 2.79. The van der Waals surface area contributed by atoms with Gasteiger partial charge in [-0.25, -0.2) is 0 Å². The van der Waals surface area contributed by atoms with Crippen LogP contribution in [0.3, 0.4) is 0 Å². The van der Waals surface area contributed by atoms with E-state index >= 15 is 0 Å². The zero-order chi connectivity index (χ0) is 9.68. The van der Waals surface area contributed by atoms with Gasteiger partial charge in [0.25, 0.3) is 0 Å². The van der Waals surface area contributed by atoms with E-state index in [0.29, 0.717) is 17.3 Å². The number of anilines is 1. The molecule has 0 aliphatic heterocycles. The van der Waals surface area contributed by atoms with E-state index in [1.165, 1.54) is 0 Å². The second-order valence-corrected chi connectivity index (χ2v) is 2.97. The number of benzene rings is 1. The molecule has 0 fully saturated rings. The first-order chi connectivity index (χ1) is 6.27. The molecule has 3 nitrogen and oxygen atoms in total. The van der Waals surface area contributed by atoms with Gasteiger partial charge in [0.2, 0.25) is 0 Å². The largest absolute Gasteiger partial charge is 0.495 e. The van der Waals surface area contributed by atoms with Gasteiger partial charge in [0.1, 0.15) is 5.75 Å². The van der Waals surface area contributed by atoms with Gasteiger partial charge >= 0.3 is 0 Å². The Hall–Kier alpha value is -0.930. The third-order valence-corrected chi connectivity index (χ3v) is 1.94. The molecule has 0 aromatic heterocycles.